The van der Waals surface area contributed by atoms with Crippen LogP contribution in [0.2, 0.25) is 0 Å². The molecule has 0 fully saturated rings. The summed E-state index contributed by atoms with van der Waals surface area (Å²) < 4.78 is 0.0823. The number of hydrogen-bond donors (Lipinski definition) is 3. The molecule has 28 heavy (non-hydrogen) atoms. The van der Waals surface area contributed by atoms with Crippen molar-refractivity contribution in [2.24, 2.45) is 11.8 Å². The van der Waals surface area contributed by atoms with Gasteiger partial charge in [0.15, 0.2) is 0 Å². The van der Waals surface area contributed by atoms with Gasteiger partial charge in [-0.2, -0.15) is 0 Å². The second kappa shape index (κ2) is 15.6. The van der Waals surface area contributed by atoms with Crippen molar-refractivity contribution in [2.45, 2.75) is 40.0 Å². The number of carboxylic acids is 2. The largest absolute Gasteiger partial charge is 1.00 e. The number of unbranched alkanes of at least 4 members (excludes halogenated alkanes) is 2. The summed E-state index contributed by atoms with van der Waals surface area (Å²) in [6.07, 6.45) is 6.16. The van der Waals surface area contributed by atoms with Gasteiger partial charge < -0.3 is 29.9 Å². The third-order valence-electron chi connectivity index (χ3n) is 4.60. The van der Waals surface area contributed by atoms with Gasteiger partial charge >= 0.3 is 24.8 Å². The number of aliphatic carboxylic acids is 2. The second-order valence-electron chi connectivity index (χ2n) is 7.17. The minimum absolute atomic E-state index is 0. The fraction of sp³-hybridized carbons (Fsp3) is 0.737. The first kappa shape index (κ1) is 28.9. The van der Waals surface area contributed by atoms with E-state index in [9.17, 15) is 29.7 Å². The zero-order chi connectivity index (χ0) is 20.9. The molecule has 0 aromatic carbocycles. The molecule has 3 N–H and O–H groups in total. The number of allylic oxidation sites excluding steroid dienone is 1. The number of carboxylic acid groups (broad SMARTS) is 2. The maximum atomic E-state index is 11.9. The molecule has 0 radical (unpaired) electrons. The Morgan fingerprint density at radius 1 is 1.14 bits per heavy atom. The molecule has 3 atom stereocenters. The van der Waals surface area contributed by atoms with Gasteiger partial charge in [0, 0.05) is 11.9 Å². The average Bonchev–Trinajstić information content (AvgIpc) is 2.58. The molecule has 0 bridgehead atoms. The maximum Gasteiger partial charge on any atom is 1.00 e. The molecule has 9 heteroatoms. The van der Waals surface area contributed by atoms with E-state index < -0.39 is 23.8 Å². The van der Waals surface area contributed by atoms with E-state index in [0.717, 1.165) is 19.3 Å². The molecule has 0 heterocycles. The first-order valence-electron chi connectivity index (χ1n) is 9.51. The van der Waals surface area contributed by atoms with Gasteiger partial charge in [-0.1, -0.05) is 32.8 Å². The number of amides is 1. The summed E-state index contributed by atoms with van der Waals surface area (Å²) in [5.41, 5.74) is 0. The van der Waals surface area contributed by atoms with Crippen LogP contribution in [0.15, 0.2) is 12.2 Å². The smallest absolute Gasteiger partial charge is 0.550 e. The van der Waals surface area contributed by atoms with E-state index in [0.29, 0.717) is 6.54 Å². The molecule has 156 valence electrons. The van der Waals surface area contributed by atoms with Gasteiger partial charge in [0.1, 0.15) is 12.5 Å². The number of carbonyl (C=O) groups is 3. The van der Waals surface area contributed by atoms with E-state index in [1.807, 2.05) is 0 Å². The summed E-state index contributed by atoms with van der Waals surface area (Å²) >= 11 is 0. The molecule has 0 rings (SSSR count). The Hall–Kier alpha value is -1.33. The van der Waals surface area contributed by atoms with Crippen molar-refractivity contribution in [1.29, 1.82) is 0 Å². The minimum atomic E-state index is -1.22. The second-order valence-corrected chi connectivity index (χ2v) is 7.17. The van der Waals surface area contributed by atoms with Crippen LogP contribution >= 0.6 is 0 Å². The molecule has 0 aliphatic heterocycles. The summed E-state index contributed by atoms with van der Waals surface area (Å²) in [7, 11) is 0. The van der Waals surface area contributed by atoms with Crippen LogP contribution in [0.1, 0.15) is 40.0 Å². The SMILES string of the molecule is CCCC/C=C/C(=O)NCC[N+](CCO)(CC(C)C(=O)[O-])CC(C)C(=O)O.[Li+]. The third-order valence-corrected chi connectivity index (χ3v) is 4.60. The standard InChI is InChI=1S/C19H34N2O6.Li/c1-4-5-6-7-8-17(23)20-9-10-21(11-12-22,13-15(2)18(24)25)14-16(3)19(26)27;/h7-8,15-16,22H,4-6,9-14H2,1-3H3,(H2-,20,23,24,25,26,27);/q;+1/b8-7+;. The van der Waals surface area contributed by atoms with Crippen molar-refractivity contribution < 1.29 is 53.0 Å². The topological polar surface area (TPSA) is 127 Å². The van der Waals surface area contributed by atoms with Crippen molar-refractivity contribution in [2.75, 3.05) is 39.3 Å². The number of nitrogens with zero attached hydrogens (tertiary/aromatic N) is 1. The molecule has 0 saturated carbocycles. The van der Waals surface area contributed by atoms with E-state index in [1.54, 1.807) is 13.0 Å². The van der Waals surface area contributed by atoms with Gasteiger partial charge in [0.25, 0.3) is 0 Å². The zero-order valence-electron chi connectivity index (χ0n) is 17.6. The summed E-state index contributed by atoms with van der Waals surface area (Å²) in [4.78, 5) is 34.3. The van der Waals surface area contributed by atoms with Gasteiger partial charge in [-0.15, -0.1) is 0 Å². The molecule has 0 aromatic heterocycles. The molecule has 1 amide bonds. The first-order chi connectivity index (χ1) is 12.7. The number of rotatable bonds is 15. The van der Waals surface area contributed by atoms with E-state index in [4.69, 9.17) is 0 Å². The summed E-state index contributed by atoms with van der Waals surface area (Å²) in [6.45, 7) is 5.98. The molecule has 0 spiro atoms. The third kappa shape index (κ3) is 12.2. The van der Waals surface area contributed by atoms with Gasteiger partial charge in [0.2, 0.25) is 5.91 Å². The van der Waals surface area contributed by atoms with E-state index in [-0.39, 0.29) is 62.0 Å². The number of aliphatic hydroxyl groups is 1. The molecule has 0 aliphatic rings. The number of carbonyl (C=O) groups excluding carboxylic acids is 2. The van der Waals surface area contributed by atoms with E-state index >= 15 is 0 Å². The molecule has 3 unspecified atom stereocenters. The Labute approximate surface area is 179 Å². The molecular weight excluding hydrogens is 359 g/mol. The van der Waals surface area contributed by atoms with E-state index in [2.05, 4.69) is 12.2 Å². The number of quaternary nitrogens is 1. The Kier molecular flexibility index (Phi) is 16.1. The maximum absolute atomic E-state index is 11.9. The summed E-state index contributed by atoms with van der Waals surface area (Å²) in [5, 5.41) is 32.6. The predicted octanol–water partition coefficient (Wildman–Crippen LogP) is -3.23. The van der Waals surface area contributed by atoms with Crippen LogP contribution in [-0.4, -0.2) is 71.9 Å². The summed E-state index contributed by atoms with van der Waals surface area (Å²) in [6, 6.07) is 0. The number of aliphatic hydroxyl groups excluding tert-OH is 1. The normalized spacial score (nSPS) is 15.3. The van der Waals surface area contributed by atoms with E-state index in [1.165, 1.54) is 13.0 Å². The molecule has 0 aliphatic carbocycles. The van der Waals surface area contributed by atoms with Gasteiger partial charge in [0.05, 0.1) is 32.8 Å². The van der Waals surface area contributed by atoms with Gasteiger partial charge in [-0.3, -0.25) is 9.59 Å². The van der Waals surface area contributed by atoms with Gasteiger partial charge in [-0.25, -0.2) is 0 Å². The van der Waals surface area contributed by atoms with Crippen LogP contribution in [-0.2, 0) is 14.4 Å². The van der Waals surface area contributed by atoms with Crippen molar-refractivity contribution >= 4 is 17.8 Å². The number of nitrogens with one attached hydrogen (secondary N) is 1. The van der Waals surface area contributed by atoms with Crippen molar-refractivity contribution in [3.05, 3.63) is 12.2 Å². The van der Waals surface area contributed by atoms with Crippen LogP contribution in [0.4, 0.5) is 0 Å². The monoisotopic (exact) mass is 393 g/mol. The molecule has 8 nitrogen and oxygen atoms in total. The minimum Gasteiger partial charge on any atom is -0.550 e. The van der Waals surface area contributed by atoms with Crippen LogP contribution < -0.4 is 29.3 Å². The molecule has 0 aromatic rings. The Morgan fingerprint density at radius 2 is 1.75 bits per heavy atom. The first-order valence-corrected chi connectivity index (χ1v) is 9.51. The fourth-order valence-electron chi connectivity index (χ4n) is 3.07. The molecular formula is C19H34LiN2O6+. The van der Waals surface area contributed by atoms with Crippen LogP contribution in [0.3, 0.4) is 0 Å². The Bertz CT molecular complexity index is 491. The predicted molar refractivity (Wildman–Crippen MR) is 99.5 cm³/mol. The van der Waals surface area contributed by atoms with Crippen molar-refractivity contribution in [3.8, 4) is 0 Å². The van der Waals surface area contributed by atoms with Crippen LogP contribution in [0, 0.1) is 11.8 Å². The summed E-state index contributed by atoms with van der Waals surface area (Å²) in [5.74, 6) is -3.97. The van der Waals surface area contributed by atoms with Gasteiger partial charge in [-0.05, 0) is 19.4 Å². The Balaban J connectivity index is 0. The van der Waals surface area contributed by atoms with Crippen molar-refractivity contribution in [1.82, 2.24) is 5.32 Å². The van der Waals surface area contributed by atoms with Crippen LogP contribution in [0.25, 0.3) is 0 Å². The number of hydrogen-bond acceptors (Lipinski definition) is 5. The Morgan fingerprint density at radius 3 is 2.25 bits per heavy atom. The average molecular weight is 393 g/mol. The quantitative estimate of drug-likeness (QED) is 0.116. The van der Waals surface area contributed by atoms with Crippen molar-refractivity contribution in [3.63, 3.8) is 0 Å². The zero-order valence-corrected chi connectivity index (χ0v) is 17.6. The molecule has 0 saturated heterocycles. The fourth-order valence-corrected chi connectivity index (χ4v) is 3.07. The van der Waals surface area contributed by atoms with Crippen LogP contribution in [0.5, 0.6) is 0 Å².